The lowest BCUT2D eigenvalue weighted by atomic mass is 9.86. The van der Waals surface area contributed by atoms with Crippen molar-refractivity contribution in [3.63, 3.8) is 0 Å². The number of benzene rings is 5. The van der Waals surface area contributed by atoms with Crippen molar-refractivity contribution in [2.45, 2.75) is 62.6 Å². The molecule has 5 aromatic carbocycles. The van der Waals surface area contributed by atoms with Crippen molar-refractivity contribution in [2.24, 2.45) is 5.92 Å². The first kappa shape index (κ1) is 48.7. The van der Waals surface area contributed by atoms with Crippen LogP contribution in [0.2, 0.25) is 5.02 Å². The minimum atomic E-state index is -2.13. The van der Waals surface area contributed by atoms with Crippen LogP contribution in [0.1, 0.15) is 70.0 Å². The fourth-order valence-electron chi connectivity index (χ4n) is 8.98. The Morgan fingerprint density at radius 3 is 2.32 bits per heavy atom. The van der Waals surface area contributed by atoms with Gasteiger partial charge in [0, 0.05) is 54.3 Å². The number of aliphatic hydroxyl groups is 2. The van der Waals surface area contributed by atoms with Gasteiger partial charge < -0.3 is 50.5 Å². The molecule has 1 aromatic heterocycles. The summed E-state index contributed by atoms with van der Waals surface area (Å²) in [5.41, 5.74) is 0.973. The zero-order valence-corrected chi connectivity index (χ0v) is 38.9. The number of aromatic nitrogens is 1. The second-order valence-electron chi connectivity index (χ2n) is 17.7. The third-order valence-electron chi connectivity index (χ3n) is 12.9. The quantitative estimate of drug-likeness (QED) is 0.0476. The van der Waals surface area contributed by atoms with Crippen LogP contribution in [0.25, 0.3) is 10.9 Å². The van der Waals surface area contributed by atoms with Gasteiger partial charge in [-0.15, -0.1) is 0 Å². The molecule has 2 atom stereocenters. The van der Waals surface area contributed by atoms with Gasteiger partial charge in [0.1, 0.15) is 17.2 Å². The van der Waals surface area contributed by atoms with E-state index in [1.54, 1.807) is 78.9 Å². The number of aliphatic hydroxyl groups excluding tert-OH is 1. The molecule has 69 heavy (non-hydrogen) atoms. The summed E-state index contributed by atoms with van der Waals surface area (Å²) in [5, 5.41) is 43.1. The molecule has 7 N–H and O–H groups in total. The van der Waals surface area contributed by atoms with Crippen LogP contribution in [0.5, 0.6) is 17.2 Å². The SMILES string of the molecule is COc1cc(C(=O)N[C@H]2C[C@H](NC(=O)COc3cccc(C(O)(C(=O)OCC4CCN(Cc5ccccc5)CC4)c4ccccc4)c3)C2)c(Cl)cc1CNC[C@H](O)c1ccc(O)c2[nH]c(=O)ccc12. The Bertz CT molecular complexity index is 2820. The van der Waals surface area contributed by atoms with Gasteiger partial charge in [0.2, 0.25) is 11.2 Å². The van der Waals surface area contributed by atoms with Crippen LogP contribution in [0.3, 0.4) is 0 Å². The summed E-state index contributed by atoms with van der Waals surface area (Å²) < 4.78 is 17.3. The lowest BCUT2D eigenvalue weighted by molar-refractivity contribution is -0.164. The van der Waals surface area contributed by atoms with Gasteiger partial charge in [-0.05, 0) is 97.8 Å². The molecule has 15 nitrogen and oxygen atoms in total. The van der Waals surface area contributed by atoms with Crippen molar-refractivity contribution in [3.8, 4) is 17.2 Å². The first-order chi connectivity index (χ1) is 33.4. The van der Waals surface area contributed by atoms with Gasteiger partial charge in [0.15, 0.2) is 6.61 Å². The molecule has 1 aliphatic heterocycles. The second kappa shape index (κ2) is 22.1. The number of H-pyrrole nitrogens is 1. The molecular formula is C53H56ClN5O10. The molecule has 0 radical (unpaired) electrons. The number of carbonyl (C=O) groups is 3. The summed E-state index contributed by atoms with van der Waals surface area (Å²) in [4.78, 5) is 57.0. The summed E-state index contributed by atoms with van der Waals surface area (Å²) in [6, 6.07) is 34.1. The maximum Gasteiger partial charge on any atom is 0.347 e. The summed E-state index contributed by atoms with van der Waals surface area (Å²) in [7, 11) is 1.48. The van der Waals surface area contributed by atoms with Crippen molar-refractivity contribution >= 4 is 40.3 Å². The van der Waals surface area contributed by atoms with E-state index < -0.39 is 23.6 Å². The van der Waals surface area contributed by atoms with E-state index >= 15 is 0 Å². The number of aromatic amines is 1. The van der Waals surface area contributed by atoms with E-state index in [2.05, 4.69) is 38.0 Å². The number of nitrogens with zero attached hydrogens (tertiary/aromatic N) is 1. The molecule has 1 saturated heterocycles. The van der Waals surface area contributed by atoms with E-state index in [9.17, 15) is 34.5 Å². The van der Waals surface area contributed by atoms with Crippen LogP contribution in [0, 0.1) is 5.92 Å². The molecule has 360 valence electrons. The highest BCUT2D eigenvalue weighted by atomic mass is 35.5. The van der Waals surface area contributed by atoms with Crippen molar-refractivity contribution in [1.82, 2.24) is 25.8 Å². The lowest BCUT2D eigenvalue weighted by Crippen LogP contribution is -2.54. The van der Waals surface area contributed by atoms with Crippen molar-refractivity contribution in [1.29, 1.82) is 0 Å². The third-order valence-corrected chi connectivity index (χ3v) is 13.2. The normalized spacial score (nSPS) is 17.5. The fourth-order valence-corrected chi connectivity index (χ4v) is 9.25. The number of methoxy groups -OCH3 is 1. The molecule has 16 heteroatoms. The van der Waals surface area contributed by atoms with Crippen molar-refractivity contribution in [3.05, 3.63) is 170 Å². The number of hydrogen-bond donors (Lipinski definition) is 7. The van der Waals surface area contributed by atoms with Crippen LogP contribution >= 0.6 is 11.6 Å². The Labute approximate surface area is 404 Å². The smallest absolute Gasteiger partial charge is 0.347 e. The Balaban J connectivity index is 0.793. The molecule has 2 heterocycles. The monoisotopic (exact) mass is 957 g/mol. The van der Waals surface area contributed by atoms with E-state index in [4.69, 9.17) is 25.8 Å². The maximum absolute atomic E-state index is 13.9. The highest BCUT2D eigenvalue weighted by Crippen LogP contribution is 2.35. The molecular weight excluding hydrogens is 902 g/mol. The molecule has 2 aliphatic rings. The van der Waals surface area contributed by atoms with Crippen molar-refractivity contribution < 1.29 is 43.9 Å². The van der Waals surface area contributed by atoms with Crippen LogP contribution in [-0.2, 0) is 33.0 Å². The first-order valence-corrected chi connectivity index (χ1v) is 23.4. The van der Waals surface area contributed by atoms with E-state index in [0.717, 1.165) is 32.5 Å². The molecule has 1 unspecified atom stereocenters. The zero-order chi connectivity index (χ0) is 48.5. The van der Waals surface area contributed by atoms with Gasteiger partial charge in [0.25, 0.3) is 11.8 Å². The number of halogens is 1. The van der Waals surface area contributed by atoms with Crippen LogP contribution in [0.4, 0.5) is 0 Å². The third kappa shape index (κ3) is 11.8. The maximum atomic E-state index is 13.9. The van der Waals surface area contributed by atoms with Crippen LogP contribution < -0.4 is 31.0 Å². The topological polar surface area (TPSA) is 212 Å². The number of amides is 2. The molecule has 2 amide bonds. The number of pyridine rings is 1. The standard InChI is InChI=1S/C53H56ClN5O10/c1-67-47-27-43(44(54)23-35(47)28-55-29-46(61)41-15-17-45(60)50-42(41)16-18-48(62)58-50)51(64)57-39-25-38(26-39)56-49(63)32-68-40-14-8-13-37(24-40)53(66,36-11-6-3-7-12-36)52(65)69-31-34-19-21-59(22-20-34)30-33-9-4-2-5-10-33/h2-18,23-24,27,34,38-39,46,55,60-61,66H,19-22,25-26,28-32H2,1H3,(H,56,63)(H,57,64)(H,58,62)/t38-,39-,46-,53?/m0/s1. The molecule has 2 fully saturated rings. The second-order valence-corrected chi connectivity index (χ2v) is 18.1. The summed E-state index contributed by atoms with van der Waals surface area (Å²) in [5.74, 6) is -0.806. The molecule has 6 aromatic rings. The summed E-state index contributed by atoms with van der Waals surface area (Å²) in [6.07, 6.45) is 1.73. The fraction of sp³-hybridized carbons (Fsp3) is 0.321. The minimum Gasteiger partial charge on any atom is -0.506 e. The molecule has 1 aliphatic carbocycles. The number of fused-ring (bicyclic) bond motifs is 1. The Morgan fingerprint density at radius 2 is 1.58 bits per heavy atom. The number of nitrogens with one attached hydrogen (secondary N) is 4. The number of phenolic OH excluding ortho intramolecular Hbond substituents is 1. The highest BCUT2D eigenvalue weighted by molar-refractivity contribution is 6.34. The summed E-state index contributed by atoms with van der Waals surface area (Å²) in [6.45, 7) is 2.88. The largest absolute Gasteiger partial charge is 0.506 e. The number of carbonyl (C=O) groups excluding carboxylic acids is 3. The summed E-state index contributed by atoms with van der Waals surface area (Å²) >= 11 is 6.60. The number of hydrogen-bond acceptors (Lipinski definition) is 12. The number of esters is 1. The average molecular weight is 959 g/mol. The number of aromatic hydroxyl groups is 1. The van der Waals surface area contributed by atoms with Gasteiger partial charge in [-0.2, -0.15) is 0 Å². The van der Waals surface area contributed by atoms with Crippen LogP contribution in [-0.4, -0.2) is 95.0 Å². The number of ether oxygens (including phenoxy) is 3. The van der Waals surface area contributed by atoms with E-state index in [1.165, 1.54) is 24.8 Å². The minimum absolute atomic E-state index is 0.102. The van der Waals surface area contributed by atoms with Gasteiger partial charge >= 0.3 is 5.97 Å². The van der Waals surface area contributed by atoms with Gasteiger partial charge in [-0.3, -0.25) is 19.3 Å². The number of piperidine rings is 1. The van der Waals surface area contributed by atoms with Gasteiger partial charge in [0.05, 0.1) is 35.9 Å². The molecule has 8 rings (SSSR count). The number of likely N-dealkylation sites (tertiary alicyclic amines) is 1. The Hall–Kier alpha value is -6.75. The number of phenols is 1. The Kier molecular flexibility index (Phi) is 15.6. The molecule has 0 spiro atoms. The predicted molar refractivity (Wildman–Crippen MR) is 260 cm³/mol. The highest BCUT2D eigenvalue weighted by Gasteiger charge is 2.42. The Morgan fingerprint density at radius 1 is 0.870 bits per heavy atom. The first-order valence-electron chi connectivity index (χ1n) is 23.0. The average Bonchev–Trinajstić information content (AvgIpc) is 3.35. The zero-order valence-electron chi connectivity index (χ0n) is 38.2. The van der Waals surface area contributed by atoms with E-state index in [-0.39, 0.29) is 88.9 Å². The van der Waals surface area contributed by atoms with Crippen molar-refractivity contribution in [2.75, 3.05) is 40.0 Å². The van der Waals surface area contributed by atoms with E-state index in [0.29, 0.717) is 40.7 Å². The van der Waals surface area contributed by atoms with Crippen LogP contribution in [0.15, 0.2) is 126 Å². The van der Waals surface area contributed by atoms with E-state index in [1.807, 2.05) is 18.2 Å². The predicted octanol–water partition coefficient (Wildman–Crippen LogP) is 5.87. The molecule has 0 bridgehead atoms. The molecule has 1 saturated carbocycles. The van der Waals surface area contributed by atoms with Gasteiger partial charge in [-0.1, -0.05) is 90.5 Å². The number of rotatable bonds is 19. The lowest BCUT2D eigenvalue weighted by Gasteiger charge is -2.36. The van der Waals surface area contributed by atoms with Gasteiger partial charge in [-0.25, -0.2) is 4.79 Å².